The van der Waals surface area contributed by atoms with Gasteiger partial charge in [-0.05, 0) is 24.3 Å². The number of nitrogens with one attached hydrogen (secondary N) is 2. The molecule has 0 atom stereocenters. The van der Waals surface area contributed by atoms with Crippen LogP contribution in [0.4, 0.5) is 11.9 Å². The summed E-state index contributed by atoms with van der Waals surface area (Å²) in [5.74, 6) is 1.05. The number of benzene rings is 1. The molecule has 0 saturated heterocycles. The number of aromatic nitrogens is 6. The van der Waals surface area contributed by atoms with E-state index in [1.165, 1.54) is 0 Å². The van der Waals surface area contributed by atoms with Gasteiger partial charge in [-0.2, -0.15) is 0 Å². The van der Waals surface area contributed by atoms with Gasteiger partial charge < -0.3 is 15.2 Å². The Balaban J connectivity index is 1.56. The van der Waals surface area contributed by atoms with E-state index in [-0.39, 0.29) is 0 Å². The summed E-state index contributed by atoms with van der Waals surface area (Å²) in [7, 11) is 0. The fourth-order valence-corrected chi connectivity index (χ4v) is 3.17. The maximum atomic E-state index is 6.43. The Morgan fingerprint density at radius 2 is 1.72 bits per heavy atom. The van der Waals surface area contributed by atoms with Crippen LogP contribution in [-0.4, -0.2) is 42.6 Å². The normalized spacial score (nSPS) is 10.7. The number of anilines is 2. The number of hydrogen-bond donors (Lipinski definition) is 2. The van der Waals surface area contributed by atoms with Crippen LogP contribution in [0.3, 0.4) is 0 Å². The highest BCUT2D eigenvalue weighted by Crippen LogP contribution is 2.33. The molecular formula is C19H16Cl2N8. The summed E-state index contributed by atoms with van der Waals surface area (Å²) < 4.78 is 1.83. The van der Waals surface area contributed by atoms with E-state index in [4.69, 9.17) is 23.2 Å². The summed E-state index contributed by atoms with van der Waals surface area (Å²) >= 11 is 12.5. The summed E-state index contributed by atoms with van der Waals surface area (Å²) in [4.78, 5) is 21.4. The number of rotatable bonds is 7. The largest absolute Gasteiger partial charge is 0.352 e. The Labute approximate surface area is 177 Å². The summed E-state index contributed by atoms with van der Waals surface area (Å²) in [5, 5.41) is 7.38. The standard InChI is InChI=1S/C19H16Cl2N8/c20-13-2-3-14(15(21)10-13)17-16(29-9-8-22-12-29)11-27-19(28-17)26-7-6-25-18-23-4-1-5-24-18/h1-5,8-12H,6-7H2,(H,23,24,25)(H,26,27,28). The first kappa shape index (κ1) is 19.1. The highest BCUT2D eigenvalue weighted by Gasteiger charge is 2.14. The topological polar surface area (TPSA) is 93.4 Å². The van der Waals surface area contributed by atoms with Crippen molar-refractivity contribution in [3.63, 3.8) is 0 Å². The third-order valence-corrected chi connectivity index (χ3v) is 4.54. The van der Waals surface area contributed by atoms with Gasteiger partial charge in [0.05, 0.1) is 23.2 Å². The first-order valence-electron chi connectivity index (χ1n) is 8.76. The molecule has 3 aromatic heterocycles. The molecule has 4 rings (SSSR count). The minimum absolute atomic E-state index is 0.477. The third kappa shape index (κ3) is 4.61. The molecule has 4 aromatic rings. The second-order valence-corrected chi connectivity index (χ2v) is 6.79. The van der Waals surface area contributed by atoms with E-state index in [9.17, 15) is 0 Å². The lowest BCUT2D eigenvalue weighted by Crippen LogP contribution is -2.16. The van der Waals surface area contributed by atoms with E-state index in [0.717, 1.165) is 11.3 Å². The molecule has 0 fully saturated rings. The predicted molar refractivity (Wildman–Crippen MR) is 114 cm³/mol. The van der Waals surface area contributed by atoms with Gasteiger partial charge in [-0.3, -0.25) is 0 Å². The zero-order valence-electron chi connectivity index (χ0n) is 15.1. The molecule has 29 heavy (non-hydrogen) atoms. The molecule has 0 bridgehead atoms. The average molecular weight is 427 g/mol. The predicted octanol–water partition coefficient (Wildman–Crippen LogP) is 3.95. The molecule has 0 saturated carbocycles. The zero-order chi connectivity index (χ0) is 20.1. The molecule has 0 aliphatic heterocycles. The summed E-state index contributed by atoms with van der Waals surface area (Å²) in [6, 6.07) is 7.07. The van der Waals surface area contributed by atoms with E-state index in [2.05, 4.69) is 35.6 Å². The first-order chi connectivity index (χ1) is 14.2. The van der Waals surface area contributed by atoms with E-state index >= 15 is 0 Å². The van der Waals surface area contributed by atoms with Crippen molar-refractivity contribution in [1.29, 1.82) is 0 Å². The van der Waals surface area contributed by atoms with Gasteiger partial charge in [0.1, 0.15) is 5.69 Å². The Hall–Kier alpha value is -3.23. The second kappa shape index (κ2) is 8.85. The van der Waals surface area contributed by atoms with Crippen molar-refractivity contribution in [1.82, 2.24) is 29.5 Å². The van der Waals surface area contributed by atoms with Crippen molar-refractivity contribution in [3.8, 4) is 16.9 Å². The lowest BCUT2D eigenvalue weighted by molar-refractivity contribution is 0.977. The number of hydrogen-bond acceptors (Lipinski definition) is 7. The van der Waals surface area contributed by atoms with Crippen LogP contribution < -0.4 is 10.6 Å². The monoisotopic (exact) mass is 426 g/mol. The third-order valence-electron chi connectivity index (χ3n) is 4.00. The SMILES string of the molecule is Clc1ccc(-c2nc(NCCNc3ncccn3)ncc2-n2ccnc2)c(Cl)c1. The molecule has 10 heteroatoms. The van der Waals surface area contributed by atoms with Crippen LogP contribution >= 0.6 is 23.2 Å². The van der Waals surface area contributed by atoms with Gasteiger partial charge >= 0.3 is 0 Å². The Morgan fingerprint density at radius 3 is 2.45 bits per heavy atom. The molecule has 0 aliphatic rings. The molecule has 0 radical (unpaired) electrons. The minimum atomic E-state index is 0.477. The number of halogens is 2. The van der Waals surface area contributed by atoms with Crippen LogP contribution in [0.1, 0.15) is 0 Å². The van der Waals surface area contributed by atoms with E-state index in [0.29, 0.717) is 40.7 Å². The van der Waals surface area contributed by atoms with Crippen molar-refractivity contribution >= 4 is 35.1 Å². The fourth-order valence-electron chi connectivity index (χ4n) is 2.67. The molecule has 0 unspecified atom stereocenters. The van der Waals surface area contributed by atoms with Crippen molar-refractivity contribution in [3.05, 3.63) is 71.6 Å². The van der Waals surface area contributed by atoms with E-state index in [1.807, 2.05) is 16.8 Å². The van der Waals surface area contributed by atoms with Gasteiger partial charge in [0.2, 0.25) is 11.9 Å². The molecule has 3 heterocycles. The van der Waals surface area contributed by atoms with E-state index < -0.39 is 0 Å². The van der Waals surface area contributed by atoms with Gasteiger partial charge in [-0.15, -0.1) is 0 Å². The molecule has 1 aromatic carbocycles. The quantitative estimate of drug-likeness (QED) is 0.432. The highest BCUT2D eigenvalue weighted by molar-refractivity contribution is 6.36. The first-order valence-corrected chi connectivity index (χ1v) is 9.52. The van der Waals surface area contributed by atoms with Gasteiger partial charge in [0.15, 0.2) is 0 Å². The molecule has 8 nitrogen and oxygen atoms in total. The molecule has 0 aliphatic carbocycles. The Bertz CT molecular complexity index is 1090. The van der Waals surface area contributed by atoms with Gasteiger partial charge in [0, 0.05) is 48.5 Å². The fraction of sp³-hybridized carbons (Fsp3) is 0.105. The Kier molecular flexibility index (Phi) is 5.83. The smallest absolute Gasteiger partial charge is 0.223 e. The van der Waals surface area contributed by atoms with E-state index in [1.54, 1.807) is 49.3 Å². The van der Waals surface area contributed by atoms with Crippen LogP contribution in [-0.2, 0) is 0 Å². The summed E-state index contributed by atoms with van der Waals surface area (Å²) in [6.07, 6.45) is 10.3. The maximum Gasteiger partial charge on any atom is 0.223 e. The molecule has 0 amide bonds. The average Bonchev–Trinajstić information content (AvgIpc) is 3.27. The van der Waals surface area contributed by atoms with Crippen LogP contribution in [0, 0.1) is 0 Å². The lowest BCUT2D eigenvalue weighted by atomic mass is 10.1. The second-order valence-electron chi connectivity index (χ2n) is 5.95. The summed E-state index contributed by atoms with van der Waals surface area (Å²) in [5.41, 5.74) is 2.18. The molecular weight excluding hydrogens is 411 g/mol. The number of imidazole rings is 1. The van der Waals surface area contributed by atoms with Crippen molar-refractivity contribution in [2.45, 2.75) is 0 Å². The lowest BCUT2D eigenvalue weighted by Gasteiger charge is -2.13. The maximum absolute atomic E-state index is 6.43. The molecule has 0 spiro atoms. The van der Waals surface area contributed by atoms with Gasteiger partial charge in [-0.25, -0.2) is 24.9 Å². The van der Waals surface area contributed by atoms with Crippen LogP contribution in [0.2, 0.25) is 10.0 Å². The minimum Gasteiger partial charge on any atom is -0.352 e. The van der Waals surface area contributed by atoms with Crippen LogP contribution in [0.25, 0.3) is 16.9 Å². The van der Waals surface area contributed by atoms with Crippen molar-refractivity contribution in [2.75, 3.05) is 23.7 Å². The van der Waals surface area contributed by atoms with Crippen LogP contribution in [0.15, 0.2) is 61.6 Å². The highest BCUT2D eigenvalue weighted by atomic mass is 35.5. The molecule has 2 N–H and O–H groups in total. The van der Waals surface area contributed by atoms with Crippen molar-refractivity contribution < 1.29 is 0 Å². The molecule has 146 valence electrons. The van der Waals surface area contributed by atoms with Crippen molar-refractivity contribution in [2.24, 2.45) is 0 Å². The Morgan fingerprint density at radius 1 is 0.931 bits per heavy atom. The van der Waals surface area contributed by atoms with Crippen LogP contribution in [0.5, 0.6) is 0 Å². The van der Waals surface area contributed by atoms with Gasteiger partial charge in [0.25, 0.3) is 0 Å². The zero-order valence-corrected chi connectivity index (χ0v) is 16.6. The summed E-state index contributed by atoms with van der Waals surface area (Å²) in [6.45, 7) is 1.18. The number of nitrogens with zero attached hydrogens (tertiary/aromatic N) is 6. The van der Waals surface area contributed by atoms with Gasteiger partial charge in [-0.1, -0.05) is 23.2 Å².